The van der Waals surface area contributed by atoms with Crippen molar-refractivity contribution >= 4 is 5.97 Å². The standard InChI is InChI=1S/C23H42O3/c1-2-3-4-13-16-19-22(24)20-17-14-11-9-7-5-6-8-10-12-15-18-21-23(25)26/h2-3,13,16,22,24H,4-12,14-15,17-21H2,1H3,(H,25,26). The summed E-state index contributed by atoms with van der Waals surface area (Å²) in [6, 6.07) is 0. The number of aliphatic carboxylic acids is 1. The van der Waals surface area contributed by atoms with Crippen molar-refractivity contribution in [2.45, 2.75) is 116 Å². The normalized spacial score (nSPS) is 13.0. The van der Waals surface area contributed by atoms with Crippen LogP contribution < -0.4 is 0 Å². The predicted octanol–water partition coefficient (Wildman–Crippen LogP) is 6.81. The second-order valence-corrected chi connectivity index (χ2v) is 7.34. The molecule has 0 saturated heterocycles. The molecular weight excluding hydrogens is 324 g/mol. The van der Waals surface area contributed by atoms with Gasteiger partial charge in [-0.1, -0.05) is 94.9 Å². The Labute approximate surface area is 161 Å². The molecule has 0 aromatic carbocycles. The molecule has 0 aliphatic rings. The van der Waals surface area contributed by atoms with E-state index >= 15 is 0 Å². The van der Waals surface area contributed by atoms with Gasteiger partial charge in [-0.2, -0.15) is 0 Å². The van der Waals surface area contributed by atoms with E-state index in [1.54, 1.807) is 0 Å². The van der Waals surface area contributed by atoms with Crippen molar-refractivity contribution in [3.63, 3.8) is 0 Å². The first-order chi connectivity index (χ1) is 12.7. The highest BCUT2D eigenvalue weighted by molar-refractivity contribution is 5.66. The summed E-state index contributed by atoms with van der Waals surface area (Å²) in [5.74, 6) is -0.670. The van der Waals surface area contributed by atoms with Crippen LogP contribution in [0.3, 0.4) is 0 Å². The van der Waals surface area contributed by atoms with Gasteiger partial charge in [0.05, 0.1) is 6.10 Å². The molecule has 0 bridgehead atoms. The van der Waals surface area contributed by atoms with Crippen LogP contribution in [-0.4, -0.2) is 22.3 Å². The summed E-state index contributed by atoms with van der Waals surface area (Å²) in [5, 5.41) is 18.5. The Bertz CT molecular complexity index is 360. The summed E-state index contributed by atoms with van der Waals surface area (Å²) >= 11 is 0. The molecule has 2 N–H and O–H groups in total. The lowest BCUT2D eigenvalue weighted by molar-refractivity contribution is -0.137. The number of carbonyl (C=O) groups is 1. The third-order valence-corrected chi connectivity index (χ3v) is 4.76. The van der Waals surface area contributed by atoms with Crippen molar-refractivity contribution in [2.75, 3.05) is 0 Å². The van der Waals surface area contributed by atoms with Gasteiger partial charge in [0.2, 0.25) is 0 Å². The van der Waals surface area contributed by atoms with Gasteiger partial charge in [-0.25, -0.2) is 0 Å². The Morgan fingerprint density at radius 3 is 1.77 bits per heavy atom. The van der Waals surface area contributed by atoms with E-state index in [1.165, 1.54) is 57.8 Å². The molecule has 0 heterocycles. The highest BCUT2D eigenvalue weighted by Gasteiger charge is 2.01. The Morgan fingerprint density at radius 2 is 1.27 bits per heavy atom. The van der Waals surface area contributed by atoms with Crippen LogP contribution in [0, 0.1) is 0 Å². The van der Waals surface area contributed by atoms with Crippen molar-refractivity contribution in [3.05, 3.63) is 24.3 Å². The summed E-state index contributed by atoms with van der Waals surface area (Å²) in [4.78, 5) is 10.4. The molecule has 3 nitrogen and oxygen atoms in total. The smallest absolute Gasteiger partial charge is 0.303 e. The number of carboxylic acids is 1. The third kappa shape index (κ3) is 21.0. The molecule has 0 aromatic rings. The van der Waals surface area contributed by atoms with E-state index in [2.05, 4.69) is 18.2 Å². The fraction of sp³-hybridized carbons (Fsp3) is 0.783. The number of allylic oxidation sites excluding steroid dienone is 3. The number of hydrogen-bond acceptors (Lipinski definition) is 2. The molecule has 1 atom stereocenters. The van der Waals surface area contributed by atoms with Crippen molar-refractivity contribution in [1.82, 2.24) is 0 Å². The first kappa shape index (κ1) is 24.9. The van der Waals surface area contributed by atoms with Gasteiger partial charge in [0.1, 0.15) is 0 Å². The van der Waals surface area contributed by atoms with Crippen LogP contribution in [0.25, 0.3) is 0 Å². The van der Waals surface area contributed by atoms with Gasteiger partial charge >= 0.3 is 5.97 Å². The summed E-state index contributed by atoms with van der Waals surface area (Å²) in [6.07, 6.45) is 25.8. The molecule has 3 heteroatoms. The minimum atomic E-state index is -0.670. The topological polar surface area (TPSA) is 57.5 Å². The number of unbranched alkanes of at least 4 members (excludes halogenated alkanes) is 11. The van der Waals surface area contributed by atoms with Crippen molar-refractivity contribution in [1.29, 1.82) is 0 Å². The largest absolute Gasteiger partial charge is 0.481 e. The molecule has 0 aromatic heterocycles. The van der Waals surface area contributed by atoms with E-state index in [1.807, 2.05) is 13.0 Å². The Morgan fingerprint density at radius 1 is 0.769 bits per heavy atom. The van der Waals surface area contributed by atoms with Gasteiger partial charge < -0.3 is 10.2 Å². The van der Waals surface area contributed by atoms with Crippen LogP contribution in [0.5, 0.6) is 0 Å². The van der Waals surface area contributed by atoms with Gasteiger partial charge in [0, 0.05) is 6.42 Å². The predicted molar refractivity (Wildman–Crippen MR) is 111 cm³/mol. The zero-order chi connectivity index (χ0) is 19.3. The van der Waals surface area contributed by atoms with E-state index in [9.17, 15) is 9.90 Å². The molecule has 0 spiro atoms. The van der Waals surface area contributed by atoms with Crippen LogP contribution in [0.1, 0.15) is 110 Å². The highest BCUT2D eigenvalue weighted by atomic mass is 16.4. The maximum absolute atomic E-state index is 10.4. The van der Waals surface area contributed by atoms with Gasteiger partial charge in [-0.05, 0) is 32.6 Å². The van der Waals surface area contributed by atoms with Crippen LogP contribution >= 0.6 is 0 Å². The molecule has 0 saturated carbocycles. The van der Waals surface area contributed by atoms with Crippen molar-refractivity contribution < 1.29 is 15.0 Å². The molecule has 0 aliphatic heterocycles. The zero-order valence-corrected chi connectivity index (χ0v) is 17.0. The van der Waals surface area contributed by atoms with Gasteiger partial charge in [0.15, 0.2) is 0 Å². The molecule has 0 amide bonds. The Kier molecular flexibility index (Phi) is 19.4. The van der Waals surface area contributed by atoms with E-state index in [0.717, 1.165) is 38.5 Å². The lowest BCUT2D eigenvalue weighted by Gasteiger charge is -2.07. The van der Waals surface area contributed by atoms with Crippen LogP contribution in [0.2, 0.25) is 0 Å². The molecule has 0 fully saturated rings. The Balaban J connectivity index is 3.19. The SMILES string of the molecule is CC=CCC=CCC(O)CCCCCCCCCCCCCCC(=O)O. The molecular formula is C23H42O3. The second-order valence-electron chi connectivity index (χ2n) is 7.34. The van der Waals surface area contributed by atoms with E-state index in [-0.39, 0.29) is 6.10 Å². The number of hydrogen-bond donors (Lipinski definition) is 2. The van der Waals surface area contributed by atoms with Gasteiger partial charge in [0.25, 0.3) is 0 Å². The summed E-state index contributed by atoms with van der Waals surface area (Å²) in [6.45, 7) is 2.02. The molecule has 26 heavy (non-hydrogen) atoms. The molecule has 1 unspecified atom stereocenters. The van der Waals surface area contributed by atoms with E-state index in [0.29, 0.717) is 6.42 Å². The fourth-order valence-corrected chi connectivity index (χ4v) is 3.11. The zero-order valence-electron chi connectivity index (χ0n) is 17.0. The van der Waals surface area contributed by atoms with Gasteiger partial charge in [-0.3, -0.25) is 4.79 Å². The summed E-state index contributed by atoms with van der Waals surface area (Å²) < 4.78 is 0. The minimum Gasteiger partial charge on any atom is -0.481 e. The maximum Gasteiger partial charge on any atom is 0.303 e. The first-order valence-electron chi connectivity index (χ1n) is 10.8. The summed E-state index contributed by atoms with van der Waals surface area (Å²) in [7, 11) is 0. The molecule has 0 radical (unpaired) electrons. The lowest BCUT2D eigenvalue weighted by Crippen LogP contribution is -2.04. The quantitative estimate of drug-likeness (QED) is 0.195. The fourth-order valence-electron chi connectivity index (χ4n) is 3.11. The summed E-state index contributed by atoms with van der Waals surface area (Å²) in [5.41, 5.74) is 0. The van der Waals surface area contributed by atoms with Crippen LogP contribution in [0.15, 0.2) is 24.3 Å². The van der Waals surface area contributed by atoms with Crippen LogP contribution in [-0.2, 0) is 4.79 Å². The number of aliphatic hydroxyl groups excluding tert-OH is 1. The number of rotatable bonds is 19. The molecule has 0 aliphatic carbocycles. The molecule has 152 valence electrons. The second kappa shape index (κ2) is 20.2. The monoisotopic (exact) mass is 366 g/mol. The minimum absolute atomic E-state index is 0.174. The van der Waals surface area contributed by atoms with E-state index < -0.39 is 5.97 Å². The number of carboxylic acid groups (broad SMARTS) is 1. The van der Waals surface area contributed by atoms with Crippen LogP contribution in [0.4, 0.5) is 0 Å². The van der Waals surface area contributed by atoms with Gasteiger partial charge in [-0.15, -0.1) is 0 Å². The highest BCUT2D eigenvalue weighted by Crippen LogP contribution is 2.14. The van der Waals surface area contributed by atoms with Crippen molar-refractivity contribution in [2.24, 2.45) is 0 Å². The third-order valence-electron chi connectivity index (χ3n) is 4.76. The maximum atomic E-state index is 10.4. The van der Waals surface area contributed by atoms with Crippen molar-refractivity contribution in [3.8, 4) is 0 Å². The molecule has 0 rings (SSSR count). The average Bonchev–Trinajstić information content (AvgIpc) is 2.61. The number of aliphatic hydroxyl groups is 1. The lowest BCUT2D eigenvalue weighted by atomic mass is 10.0. The van der Waals surface area contributed by atoms with E-state index in [4.69, 9.17) is 5.11 Å². The Hall–Kier alpha value is -1.09. The first-order valence-corrected chi connectivity index (χ1v) is 10.8. The average molecular weight is 367 g/mol.